The fourth-order valence-corrected chi connectivity index (χ4v) is 2.76. The van der Waals surface area contributed by atoms with Crippen LogP contribution in [0, 0.1) is 17.6 Å². The minimum atomic E-state index is -2.84. The van der Waals surface area contributed by atoms with Crippen molar-refractivity contribution in [2.45, 2.75) is 38.8 Å². The highest BCUT2D eigenvalue weighted by molar-refractivity contribution is 5.82. The van der Waals surface area contributed by atoms with Gasteiger partial charge in [-0.1, -0.05) is 38.1 Å². The molecule has 7 heteroatoms. The van der Waals surface area contributed by atoms with Gasteiger partial charge in [0.15, 0.2) is 0 Å². The molecule has 0 heterocycles. The molecule has 0 fully saturated rings. The Balaban J connectivity index is 2.19. The third kappa shape index (κ3) is 5.53. The number of alkyl halides is 2. The Bertz CT molecular complexity index is 778. The Labute approximate surface area is 155 Å². The molecule has 3 nitrogen and oxygen atoms in total. The first-order chi connectivity index (χ1) is 12.7. The number of carbonyl (C=O) groups is 1. The third-order valence-electron chi connectivity index (χ3n) is 4.12. The first-order valence-electron chi connectivity index (χ1n) is 8.58. The summed E-state index contributed by atoms with van der Waals surface area (Å²) >= 11 is 0. The normalized spacial score (nSPS) is 13.7. The Morgan fingerprint density at radius 1 is 1.07 bits per heavy atom. The van der Waals surface area contributed by atoms with Gasteiger partial charge in [0, 0.05) is 11.6 Å². The summed E-state index contributed by atoms with van der Waals surface area (Å²) in [6.07, 6.45) is -2.46. The lowest BCUT2D eigenvalue weighted by molar-refractivity contribution is -0.124. The number of halogens is 4. The third-order valence-corrected chi connectivity index (χ3v) is 4.12. The van der Waals surface area contributed by atoms with Crippen LogP contribution >= 0.6 is 0 Å². The number of carbonyl (C=O) groups excluding carboxylic acids is 1. The van der Waals surface area contributed by atoms with Crippen molar-refractivity contribution in [2.75, 3.05) is 0 Å². The van der Waals surface area contributed by atoms with E-state index in [0.29, 0.717) is 12.0 Å². The van der Waals surface area contributed by atoms with Gasteiger partial charge in [0.2, 0.25) is 5.91 Å². The van der Waals surface area contributed by atoms with Gasteiger partial charge < -0.3 is 11.1 Å². The molecule has 0 spiro atoms. The molecular formula is C20H22F4N2O. The van der Waals surface area contributed by atoms with Gasteiger partial charge in [-0.05, 0) is 35.6 Å². The summed E-state index contributed by atoms with van der Waals surface area (Å²) in [6, 6.07) is 6.39. The van der Waals surface area contributed by atoms with Gasteiger partial charge in [-0.25, -0.2) is 17.6 Å². The van der Waals surface area contributed by atoms with Crippen LogP contribution in [0.2, 0.25) is 0 Å². The molecule has 3 N–H and O–H groups in total. The largest absolute Gasteiger partial charge is 0.342 e. The van der Waals surface area contributed by atoms with Crippen molar-refractivity contribution in [1.29, 1.82) is 0 Å². The summed E-state index contributed by atoms with van der Waals surface area (Å²) in [6.45, 7) is 3.76. The number of hydrogen-bond donors (Lipinski definition) is 2. The summed E-state index contributed by atoms with van der Waals surface area (Å²) in [5, 5.41) is 2.28. The average Bonchev–Trinajstić information content (AvgIpc) is 2.59. The predicted molar refractivity (Wildman–Crippen MR) is 96.1 cm³/mol. The molecule has 0 radical (unpaired) electrons. The van der Waals surface area contributed by atoms with E-state index in [1.54, 1.807) is 0 Å². The standard InChI is InChI=1S/C20H22F4N2O/c1-11(2)9-17(25)20(27)26-18(19(23)24)13-5-3-12(4-6-13)15-8-7-14(21)10-16(15)22/h3-8,10-11,17-19H,9,25H2,1-2H3,(H,26,27)/t17-,18-/m0/s1. The second-order valence-corrected chi connectivity index (χ2v) is 6.80. The number of amides is 1. The molecule has 2 atom stereocenters. The minimum absolute atomic E-state index is 0.152. The average molecular weight is 382 g/mol. The highest BCUT2D eigenvalue weighted by Crippen LogP contribution is 2.27. The number of hydrogen-bond acceptors (Lipinski definition) is 2. The summed E-state index contributed by atoms with van der Waals surface area (Å²) < 4.78 is 53.8. The van der Waals surface area contributed by atoms with E-state index in [0.717, 1.165) is 12.1 Å². The van der Waals surface area contributed by atoms with Crippen LogP contribution in [0.3, 0.4) is 0 Å². The van der Waals surface area contributed by atoms with Crippen LogP contribution < -0.4 is 11.1 Å². The van der Waals surface area contributed by atoms with Crippen molar-refractivity contribution in [3.8, 4) is 11.1 Å². The smallest absolute Gasteiger partial charge is 0.262 e. The lowest BCUT2D eigenvalue weighted by Crippen LogP contribution is -2.44. The summed E-state index contributed by atoms with van der Waals surface area (Å²) in [4.78, 5) is 12.1. The molecule has 2 aromatic rings. The van der Waals surface area contributed by atoms with Gasteiger partial charge in [0.05, 0.1) is 6.04 Å². The molecule has 0 aromatic heterocycles. The van der Waals surface area contributed by atoms with Crippen LogP contribution in [0.4, 0.5) is 17.6 Å². The van der Waals surface area contributed by atoms with Crippen molar-refractivity contribution in [2.24, 2.45) is 11.7 Å². The molecule has 0 unspecified atom stereocenters. The first-order valence-corrected chi connectivity index (χ1v) is 8.58. The molecule has 0 saturated heterocycles. The lowest BCUT2D eigenvalue weighted by Gasteiger charge is -2.22. The monoisotopic (exact) mass is 382 g/mol. The van der Waals surface area contributed by atoms with Crippen LogP contribution in [0.25, 0.3) is 11.1 Å². The number of nitrogens with two attached hydrogens (primary N) is 1. The van der Waals surface area contributed by atoms with Gasteiger partial charge in [-0.3, -0.25) is 4.79 Å². The molecule has 2 aromatic carbocycles. The maximum atomic E-state index is 13.9. The second kappa shape index (κ2) is 8.99. The molecule has 0 saturated carbocycles. The van der Waals surface area contributed by atoms with Crippen molar-refractivity contribution in [3.63, 3.8) is 0 Å². The zero-order valence-corrected chi connectivity index (χ0v) is 15.1. The molecule has 0 aliphatic rings. The molecule has 27 heavy (non-hydrogen) atoms. The Kier molecular flexibility index (Phi) is 6.96. The lowest BCUT2D eigenvalue weighted by atomic mass is 9.99. The number of rotatable bonds is 7. The Hall–Kier alpha value is -2.41. The highest BCUT2D eigenvalue weighted by Gasteiger charge is 2.27. The molecular weight excluding hydrogens is 360 g/mol. The molecule has 0 aliphatic carbocycles. The van der Waals surface area contributed by atoms with Gasteiger partial charge in [0.25, 0.3) is 6.43 Å². The van der Waals surface area contributed by atoms with Crippen LogP contribution in [-0.4, -0.2) is 18.4 Å². The fourth-order valence-electron chi connectivity index (χ4n) is 2.76. The van der Waals surface area contributed by atoms with Crippen LogP contribution in [0.1, 0.15) is 31.9 Å². The quantitative estimate of drug-likeness (QED) is 0.696. The van der Waals surface area contributed by atoms with Crippen LogP contribution in [0.15, 0.2) is 42.5 Å². The molecule has 1 amide bonds. The zero-order chi connectivity index (χ0) is 20.1. The van der Waals surface area contributed by atoms with Crippen LogP contribution in [-0.2, 0) is 4.79 Å². The minimum Gasteiger partial charge on any atom is -0.342 e. The van der Waals surface area contributed by atoms with E-state index in [1.165, 1.54) is 30.3 Å². The van der Waals surface area contributed by atoms with E-state index in [4.69, 9.17) is 5.73 Å². The Morgan fingerprint density at radius 2 is 1.70 bits per heavy atom. The van der Waals surface area contributed by atoms with Gasteiger partial charge in [-0.15, -0.1) is 0 Å². The topological polar surface area (TPSA) is 55.1 Å². The van der Waals surface area contributed by atoms with Crippen molar-refractivity contribution in [1.82, 2.24) is 5.32 Å². The van der Waals surface area contributed by atoms with Gasteiger partial charge in [-0.2, -0.15) is 0 Å². The Morgan fingerprint density at radius 3 is 2.22 bits per heavy atom. The van der Waals surface area contributed by atoms with E-state index in [-0.39, 0.29) is 17.0 Å². The van der Waals surface area contributed by atoms with E-state index >= 15 is 0 Å². The van der Waals surface area contributed by atoms with Crippen molar-refractivity contribution >= 4 is 5.91 Å². The summed E-state index contributed by atoms with van der Waals surface area (Å²) in [7, 11) is 0. The molecule has 2 rings (SSSR count). The fraction of sp³-hybridized carbons (Fsp3) is 0.350. The summed E-state index contributed by atoms with van der Waals surface area (Å²) in [5.41, 5.74) is 6.47. The molecule has 146 valence electrons. The van der Waals surface area contributed by atoms with E-state index in [1.807, 2.05) is 13.8 Å². The highest BCUT2D eigenvalue weighted by atomic mass is 19.3. The SMILES string of the molecule is CC(C)C[C@H](N)C(=O)N[C@@H](c1ccc(-c2ccc(F)cc2F)cc1)C(F)F. The maximum Gasteiger partial charge on any atom is 0.262 e. The zero-order valence-electron chi connectivity index (χ0n) is 15.1. The number of benzene rings is 2. The van der Waals surface area contributed by atoms with E-state index in [9.17, 15) is 22.4 Å². The van der Waals surface area contributed by atoms with Crippen LogP contribution in [0.5, 0.6) is 0 Å². The van der Waals surface area contributed by atoms with Gasteiger partial charge in [0.1, 0.15) is 17.7 Å². The molecule has 0 bridgehead atoms. The number of nitrogens with one attached hydrogen (secondary N) is 1. The predicted octanol–water partition coefficient (Wildman–Crippen LogP) is 4.43. The molecule has 0 aliphatic heterocycles. The van der Waals surface area contributed by atoms with Crippen molar-refractivity contribution in [3.05, 3.63) is 59.7 Å². The first kappa shape index (κ1) is 20.9. The van der Waals surface area contributed by atoms with Crippen molar-refractivity contribution < 1.29 is 22.4 Å². The van der Waals surface area contributed by atoms with E-state index in [2.05, 4.69) is 5.32 Å². The second-order valence-electron chi connectivity index (χ2n) is 6.80. The maximum absolute atomic E-state index is 13.9. The summed E-state index contributed by atoms with van der Waals surface area (Å²) in [5.74, 6) is -1.95. The van der Waals surface area contributed by atoms with E-state index < -0.39 is 36.1 Å². The van der Waals surface area contributed by atoms with Gasteiger partial charge >= 0.3 is 0 Å².